The van der Waals surface area contributed by atoms with Gasteiger partial charge in [-0.1, -0.05) is 18.2 Å². The molecule has 3 aromatic rings. The van der Waals surface area contributed by atoms with Crippen LogP contribution in [-0.2, 0) is 9.53 Å². The number of nitrogens with zero attached hydrogens (tertiary/aromatic N) is 3. The van der Waals surface area contributed by atoms with Gasteiger partial charge in [0.15, 0.2) is 0 Å². The zero-order chi connectivity index (χ0) is 24.4. The molecule has 1 unspecified atom stereocenters. The Kier molecular flexibility index (Phi) is 6.07. The number of rotatable bonds is 5. The molecule has 0 aliphatic carbocycles. The van der Waals surface area contributed by atoms with Gasteiger partial charge in [0.2, 0.25) is 5.91 Å². The number of aromatic amines is 1. The first-order chi connectivity index (χ1) is 17.0. The maximum absolute atomic E-state index is 13.8. The summed E-state index contributed by atoms with van der Waals surface area (Å²) in [5.41, 5.74) is 3.38. The van der Waals surface area contributed by atoms with Gasteiger partial charge in [-0.15, -0.1) is 0 Å². The predicted molar refractivity (Wildman–Crippen MR) is 132 cm³/mol. The van der Waals surface area contributed by atoms with Gasteiger partial charge in [0.05, 0.1) is 20.4 Å². The van der Waals surface area contributed by atoms with E-state index in [0.29, 0.717) is 32.5 Å². The quantitative estimate of drug-likeness (QED) is 0.583. The highest BCUT2D eigenvalue weighted by Gasteiger charge is 2.54. The largest absolute Gasteiger partial charge is 0.497 e. The summed E-state index contributed by atoms with van der Waals surface area (Å²) in [6.07, 6.45) is 4.67. The molecular formula is C26H29N5O4. The molecular weight excluding hydrogens is 446 g/mol. The summed E-state index contributed by atoms with van der Waals surface area (Å²) in [4.78, 5) is 29.5. The van der Waals surface area contributed by atoms with Crippen molar-refractivity contribution in [3.8, 4) is 16.9 Å². The fourth-order valence-corrected chi connectivity index (χ4v) is 5.17. The number of carbonyl (C=O) groups is 2. The van der Waals surface area contributed by atoms with Gasteiger partial charge in [0.25, 0.3) is 0 Å². The van der Waals surface area contributed by atoms with Crippen molar-refractivity contribution in [1.29, 1.82) is 0 Å². The van der Waals surface area contributed by atoms with Gasteiger partial charge in [-0.2, -0.15) is 5.10 Å². The number of amides is 2. The highest BCUT2D eigenvalue weighted by atomic mass is 16.5. The topological polar surface area (TPSA) is 99.8 Å². The molecule has 2 aliphatic heterocycles. The van der Waals surface area contributed by atoms with Crippen molar-refractivity contribution in [2.45, 2.75) is 18.9 Å². The molecule has 2 saturated heterocycles. The molecule has 5 rings (SSSR count). The zero-order valence-corrected chi connectivity index (χ0v) is 19.9. The third-order valence-electron chi connectivity index (χ3n) is 7.18. The molecule has 2 amide bonds. The SMILES string of the molecule is COC(=O)N1CCC2(CC1)CN(c1ccc(-c3cn[nH]c3)cc1)C(=O)C2Nc1cccc(OC)c1. The summed E-state index contributed by atoms with van der Waals surface area (Å²) >= 11 is 0. The highest BCUT2D eigenvalue weighted by molar-refractivity contribution is 6.02. The first-order valence-corrected chi connectivity index (χ1v) is 11.7. The van der Waals surface area contributed by atoms with Crippen LogP contribution >= 0.6 is 0 Å². The van der Waals surface area contributed by atoms with E-state index < -0.39 is 6.04 Å². The number of piperidine rings is 1. The lowest BCUT2D eigenvalue weighted by molar-refractivity contribution is -0.118. The van der Waals surface area contributed by atoms with E-state index >= 15 is 0 Å². The number of anilines is 2. The van der Waals surface area contributed by atoms with Crippen LogP contribution in [0.4, 0.5) is 16.2 Å². The monoisotopic (exact) mass is 475 g/mol. The van der Waals surface area contributed by atoms with Gasteiger partial charge in [-0.25, -0.2) is 4.79 Å². The standard InChI is InChI=1S/C26H29N5O4/c1-34-22-5-3-4-20(14-22)29-23-24(32)31(17-26(23)10-12-30(13-11-26)25(33)35-2)21-8-6-18(7-9-21)19-15-27-28-16-19/h3-9,14-16,23,29H,10-13,17H2,1-2H3,(H,27,28). The van der Waals surface area contributed by atoms with Crippen molar-refractivity contribution in [2.24, 2.45) is 5.41 Å². The Hall–Kier alpha value is -4.01. The molecule has 1 aromatic heterocycles. The van der Waals surface area contributed by atoms with Crippen LogP contribution in [0.15, 0.2) is 60.9 Å². The molecule has 0 bridgehead atoms. The van der Waals surface area contributed by atoms with Crippen molar-refractivity contribution in [1.82, 2.24) is 15.1 Å². The Labute approximate surface area is 204 Å². The molecule has 2 N–H and O–H groups in total. The third-order valence-corrected chi connectivity index (χ3v) is 7.18. The van der Waals surface area contributed by atoms with E-state index in [1.807, 2.05) is 59.6 Å². The van der Waals surface area contributed by atoms with Crippen LogP contribution in [0, 0.1) is 5.41 Å². The summed E-state index contributed by atoms with van der Waals surface area (Å²) in [5, 5.41) is 10.3. The molecule has 1 atom stereocenters. The second-order valence-corrected chi connectivity index (χ2v) is 9.09. The van der Waals surface area contributed by atoms with Crippen molar-refractivity contribution in [2.75, 3.05) is 44.1 Å². The number of ether oxygens (including phenoxy) is 2. The minimum absolute atomic E-state index is 0.0235. The molecule has 35 heavy (non-hydrogen) atoms. The fourth-order valence-electron chi connectivity index (χ4n) is 5.17. The van der Waals surface area contributed by atoms with E-state index in [1.165, 1.54) is 7.11 Å². The third kappa shape index (κ3) is 4.29. The van der Waals surface area contributed by atoms with Crippen molar-refractivity contribution in [3.63, 3.8) is 0 Å². The number of carbonyl (C=O) groups excluding carboxylic acids is 2. The predicted octanol–water partition coefficient (Wildman–Crippen LogP) is 3.76. The highest BCUT2D eigenvalue weighted by Crippen LogP contribution is 2.44. The number of aromatic nitrogens is 2. The Morgan fingerprint density at radius 1 is 1.11 bits per heavy atom. The maximum Gasteiger partial charge on any atom is 0.409 e. The number of nitrogens with one attached hydrogen (secondary N) is 2. The molecule has 2 aromatic carbocycles. The minimum Gasteiger partial charge on any atom is -0.497 e. The average Bonchev–Trinajstić information content (AvgIpc) is 3.53. The van der Waals surface area contributed by atoms with Crippen molar-refractivity contribution >= 4 is 23.4 Å². The Bertz CT molecular complexity index is 1190. The van der Waals surface area contributed by atoms with Crippen LogP contribution in [-0.4, -0.2) is 67.0 Å². The van der Waals surface area contributed by atoms with Gasteiger partial charge in [-0.05, 0) is 42.7 Å². The van der Waals surface area contributed by atoms with Gasteiger partial charge in [0.1, 0.15) is 11.8 Å². The number of hydrogen-bond donors (Lipinski definition) is 2. The maximum atomic E-state index is 13.8. The lowest BCUT2D eigenvalue weighted by Gasteiger charge is -2.41. The first kappa shape index (κ1) is 22.8. The van der Waals surface area contributed by atoms with E-state index in [-0.39, 0.29) is 17.4 Å². The van der Waals surface area contributed by atoms with Crippen LogP contribution in [0.3, 0.4) is 0 Å². The second kappa shape index (κ2) is 9.32. The molecule has 0 radical (unpaired) electrons. The van der Waals surface area contributed by atoms with Crippen molar-refractivity contribution in [3.05, 3.63) is 60.9 Å². The van der Waals surface area contributed by atoms with Crippen LogP contribution in [0.2, 0.25) is 0 Å². The van der Waals surface area contributed by atoms with Gasteiger partial charge >= 0.3 is 6.09 Å². The summed E-state index contributed by atoms with van der Waals surface area (Å²) < 4.78 is 10.3. The number of likely N-dealkylation sites (tertiary alicyclic amines) is 1. The van der Waals surface area contributed by atoms with Crippen LogP contribution < -0.4 is 15.0 Å². The molecule has 2 fully saturated rings. The molecule has 182 valence electrons. The summed E-state index contributed by atoms with van der Waals surface area (Å²) in [5.74, 6) is 0.747. The van der Waals surface area contributed by atoms with Gasteiger partial charge in [0, 0.05) is 54.3 Å². The van der Waals surface area contributed by atoms with Gasteiger partial charge in [-0.3, -0.25) is 9.89 Å². The summed E-state index contributed by atoms with van der Waals surface area (Å²) in [6, 6.07) is 15.1. The van der Waals surface area contributed by atoms with E-state index in [0.717, 1.165) is 28.3 Å². The molecule has 0 saturated carbocycles. The van der Waals surface area contributed by atoms with E-state index in [2.05, 4.69) is 15.5 Å². The number of H-pyrrole nitrogens is 1. The number of methoxy groups -OCH3 is 2. The first-order valence-electron chi connectivity index (χ1n) is 11.7. The van der Waals surface area contributed by atoms with Crippen molar-refractivity contribution < 1.29 is 19.1 Å². The number of hydrogen-bond acceptors (Lipinski definition) is 6. The van der Waals surface area contributed by atoms with E-state index in [4.69, 9.17) is 9.47 Å². The second-order valence-electron chi connectivity index (χ2n) is 9.09. The lowest BCUT2D eigenvalue weighted by Crippen LogP contribution is -2.50. The van der Waals surface area contributed by atoms with E-state index in [1.54, 1.807) is 18.2 Å². The minimum atomic E-state index is -0.428. The van der Waals surface area contributed by atoms with Crippen LogP contribution in [0.1, 0.15) is 12.8 Å². The molecule has 3 heterocycles. The normalized spacial score (nSPS) is 19.1. The van der Waals surface area contributed by atoms with Crippen LogP contribution in [0.25, 0.3) is 11.1 Å². The smallest absolute Gasteiger partial charge is 0.409 e. The summed E-state index contributed by atoms with van der Waals surface area (Å²) in [6.45, 7) is 1.67. The number of benzene rings is 2. The summed E-state index contributed by atoms with van der Waals surface area (Å²) in [7, 11) is 3.02. The fraction of sp³-hybridized carbons (Fsp3) is 0.346. The lowest BCUT2D eigenvalue weighted by atomic mass is 9.74. The van der Waals surface area contributed by atoms with Crippen LogP contribution in [0.5, 0.6) is 5.75 Å². The Morgan fingerprint density at radius 2 is 1.89 bits per heavy atom. The Morgan fingerprint density at radius 3 is 2.54 bits per heavy atom. The van der Waals surface area contributed by atoms with Gasteiger partial charge < -0.3 is 24.6 Å². The van der Waals surface area contributed by atoms with E-state index in [9.17, 15) is 9.59 Å². The average molecular weight is 476 g/mol. The molecule has 9 nitrogen and oxygen atoms in total. The zero-order valence-electron chi connectivity index (χ0n) is 19.9. The molecule has 9 heteroatoms. The Balaban J connectivity index is 1.43. The molecule has 1 spiro atoms. The molecule has 2 aliphatic rings.